The number of carbonyl (C=O) groups excluding carboxylic acids is 1. The maximum Gasteiger partial charge on any atom is 0.272 e. The van der Waals surface area contributed by atoms with E-state index >= 15 is 0 Å². The molecule has 24 heavy (non-hydrogen) atoms. The standard InChI is InChI=1S/C18H18N4O2/c1-12-10-21(11-13-5-4-8-22(12)13)17(23)9-16-14-6-2-3-7-15(14)18(24)20-19-16/h2-8,12H,9-11H2,1H3,(H,20,24)/t12-/m1/s1. The summed E-state index contributed by atoms with van der Waals surface area (Å²) in [6, 6.07) is 11.6. The molecule has 6 heteroatoms. The summed E-state index contributed by atoms with van der Waals surface area (Å²) in [5, 5.41) is 7.90. The number of rotatable bonds is 2. The summed E-state index contributed by atoms with van der Waals surface area (Å²) in [5.74, 6) is 0.0269. The van der Waals surface area contributed by atoms with Gasteiger partial charge in [0.25, 0.3) is 5.56 Å². The van der Waals surface area contributed by atoms with Gasteiger partial charge in [0, 0.05) is 29.9 Å². The van der Waals surface area contributed by atoms with Gasteiger partial charge in [-0.25, -0.2) is 5.10 Å². The van der Waals surface area contributed by atoms with Gasteiger partial charge in [0.2, 0.25) is 5.91 Å². The number of carbonyl (C=O) groups is 1. The van der Waals surface area contributed by atoms with E-state index in [2.05, 4.69) is 27.9 Å². The van der Waals surface area contributed by atoms with Crippen molar-refractivity contribution in [2.45, 2.75) is 25.9 Å². The molecule has 4 rings (SSSR count). The molecule has 122 valence electrons. The Kier molecular flexibility index (Phi) is 3.45. The molecule has 0 spiro atoms. The first kappa shape index (κ1) is 14.7. The van der Waals surface area contributed by atoms with Crippen molar-refractivity contribution in [1.29, 1.82) is 0 Å². The largest absolute Gasteiger partial charge is 0.345 e. The second-order valence-electron chi connectivity index (χ2n) is 6.25. The summed E-state index contributed by atoms with van der Waals surface area (Å²) in [6.07, 6.45) is 2.24. The number of nitrogens with zero attached hydrogens (tertiary/aromatic N) is 3. The minimum atomic E-state index is -0.230. The summed E-state index contributed by atoms with van der Waals surface area (Å²) >= 11 is 0. The van der Waals surface area contributed by atoms with Gasteiger partial charge in [0.1, 0.15) is 0 Å². The average molecular weight is 322 g/mol. The van der Waals surface area contributed by atoms with Crippen molar-refractivity contribution in [1.82, 2.24) is 19.7 Å². The molecule has 0 bridgehead atoms. The van der Waals surface area contributed by atoms with Crippen molar-refractivity contribution >= 4 is 16.7 Å². The summed E-state index contributed by atoms with van der Waals surface area (Å²) in [4.78, 5) is 26.5. The smallest absolute Gasteiger partial charge is 0.272 e. The van der Waals surface area contributed by atoms with Crippen LogP contribution >= 0.6 is 0 Å². The fourth-order valence-electron chi connectivity index (χ4n) is 3.41. The highest BCUT2D eigenvalue weighted by Gasteiger charge is 2.25. The predicted molar refractivity (Wildman–Crippen MR) is 90.6 cm³/mol. The molecular formula is C18H18N4O2. The third-order valence-electron chi connectivity index (χ3n) is 4.63. The van der Waals surface area contributed by atoms with Crippen LogP contribution in [0.1, 0.15) is 24.4 Å². The van der Waals surface area contributed by atoms with Gasteiger partial charge in [-0.3, -0.25) is 9.59 Å². The second-order valence-corrected chi connectivity index (χ2v) is 6.25. The zero-order valence-electron chi connectivity index (χ0n) is 13.4. The molecule has 1 aliphatic heterocycles. The average Bonchev–Trinajstić information content (AvgIpc) is 3.07. The van der Waals surface area contributed by atoms with E-state index in [4.69, 9.17) is 0 Å². The number of aromatic amines is 1. The van der Waals surface area contributed by atoms with E-state index in [1.54, 1.807) is 6.07 Å². The van der Waals surface area contributed by atoms with Gasteiger partial charge >= 0.3 is 0 Å². The Bertz CT molecular complexity index is 972. The van der Waals surface area contributed by atoms with E-state index in [1.807, 2.05) is 35.2 Å². The van der Waals surface area contributed by atoms with Crippen molar-refractivity contribution in [3.8, 4) is 0 Å². The van der Waals surface area contributed by atoms with Gasteiger partial charge < -0.3 is 9.47 Å². The Morgan fingerprint density at radius 3 is 2.88 bits per heavy atom. The molecule has 0 aliphatic carbocycles. The molecule has 0 radical (unpaired) electrons. The van der Waals surface area contributed by atoms with E-state index in [0.29, 0.717) is 24.2 Å². The van der Waals surface area contributed by atoms with Crippen LogP contribution in [-0.2, 0) is 17.8 Å². The molecule has 6 nitrogen and oxygen atoms in total. The van der Waals surface area contributed by atoms with Crippen LogP contribution in [0.25, 0.3) is 10.8 Å². The number of fused-ring (bicyclic) bond motifs is 2. The maximum atomic E-state index is 12.8. The SMILES string of the molecule is C[C@@H]1CN(C(=O)Cc2n[nH]c(=O)c3ccccc23)Cc2cccn21. The fraction of sp³-hybridized carbons (Fsp3) is 0.278. The van der Waals surface area contributed by atoms with Crippen molar-refractivity contribution < 1.29 is 4.79 Å². The molecule has 0 unspecified atom stereocenters. The Labute approximate surface area is 138 Å². The molecule has 1 atom stereocenters. The predicted octanol–water partition coefficient (Wildman–Crippen LogP) is 1.87. The summed E-state index contributed by atoms with van der Waals surface area (Å²) in [5.41, 5.74) is 1.52. The molecule has 0 saturated heterocycles. The zero-order valence-corrected chi connectivity index (χ0v) is 13.4. The molecule has 3 aromatic rings. The monoisotopic (exact) mass is 322 g/mol. The molecule has 1 aromatic carbocycles. The lowest BCUT2D eigenvalue weighted by Gasteiger charge is -2.33. The van der Waals surface area contributed by atoms with Gasteiger partial charge in [-0.1, -0.05) is 18.2 Å². The highest BCUT2D eigenvalue weighted by Crippen LogP contribution is 2.22. The first-order valence-corrected chi connectivity index (χ1v) is 8.03. The molecule has 0 saturated carbocycles. The van der Waals surface area contributed by atoms with E-state index in [9.17, 15) is 9.59 Å². The van der Waals surface area contributed by atoms with Gasteiger partial charge in [-0.2, -0.15) is 5.10 Å². The lowest BCUT2D eigenvalue weighted by molar-refractivity contribution is -0.132. The van der Waals surface area contributed by atoms with Crippen LogP contribution in [0, 0.1) is 0 Å². The van der Waals surface area contributed by atoms with Crippen LogP contribution in [-0.4, -0.2) is 32.1 Å². The first-order valence-electron chi connectivity index (χ1n) is 8.03. The number of H-pyrrole nitrogens is 1. The number of amides is 1. The highest BCUT2D eigenvalue weighted by atomic mass is 16.2. The molecule has 1 amide bonds. The molecule has 3 heterocycles. The molecule has 2 aromatic heterocycles. The van der Waals surface area contributed by atoms with Gasteiger partial charge in [0.15, 0.2) is 0 Å². The van der Waals surface area contributed by atoms with Crippen LogP contribution < -0.4 is 5.56 Å². The number of benzene rings is 1. The number of aromatic nitrogens is 3. The number of hydrogen-bond donors (Lipinski definition) is 1. The normalized spacial score (nSPS) is 17.0. The van der Waals surface area contributed by atoms with Gasteiger partial charge in [0.05, 0.1) is 24.0 Å². The Morgan fingerprint density at radius 2 is 2.04 bits per heavy atom. The van der Waals surface area contributed by atoms with Crippen LogP contribution in [0.15, 0.2) is 47.4 Å². The van der Waals surface area contributed by atoms with Crippen molar-refractivity contribution in [2.75, 3.05) is 6.54 Å². The Hall–Kier alpha value is -2.89. The topological polar surface area (TPSA) is 71.0 Å². The minimum absolute atomic E-state index is 0.0269. The van der Waals surface area contributed by atoms with Crippen molar-refractivity contribution in [3.63, 3.8) is 0 Å². The molecule has 1 aliphatic rings. The fourth-order valence-corrected chi connectivity index (χ4v) is 3.41. The minimum Gasteiger partial charge on any atom is -0.345 e. The molecule has 1 N–H and O–H groups in total. The zero-order chi connectivity index (χ0) is 16.7. The summed E-state index contributed by atoms with van der Waals surface area (Å²) in [7, 11) is 0. The number of hydrogen-bond acceptors (Lipinski definition) is 3. The van der Waals surface area contributed by atoms with E-state index in [1.165, 1.54) is 0 Å². The highest BCUT2D eigenvalue weighted by molar-refractivity contribution is 5.88. The van der Waals surface area contributed by atoms with Crippen LogP contribution in [0.4, 0.5) is 0 Å². The van der Waals surface area contributed by atoms with Crippen molar-refractivity contribution in [3.05, 3.63) is 64.3 Å². The van der Waals surface area contributed by atoms with E-state index in [0.717, 1.165) is 11.1 Å². The second kappa shape index (κ2) is 5.63. The van der Waals surface area contributed by atoms with Crippen LogP contribution in [0.3, 0.4) is 0 Å². The molecule has 0 fully saturated rings. The van der Waals surface area contributed by atoms with Gasteiger partial charge in [-0.05, 0) is 25.1 Å². The first-order chi connectivity index (χ1) is 11.6. The van der Waals surface area contributed by atoms with E-state index in [-0.39, 0.29) is 23.9 Å². The van der Waals surface area contributed by atoms with Gasteiger partial charge in [-0.15, -0.1) is 0 Å². The summed E-state index contributed by atoms with van der Waals surface area (Å²) in [6.45, 7) is 3.40. The van der Waals surface area contributed by atoms with Crippen LogP contribution in [0.5, 0.6) is 0 Å². The third-order valence-corrected chi connectivity index (χ3v) is 4.63. The third kappa shape index (κ3) is 2.40. The Morgan fingerprint density at radius 1 is 1.25 bits per heavy atom. The molecular weight excluding hydrogens is 304 g/mol. The maximum absolute atomic E-state index is 12.8. The lowest BCUT2D eigenvalue weighted by Crippen LogP contribution is -2.40. The summed E-state index contributed by atoms with van der Waals surface area (Å²) < 4.78 is 2.21. The van der Waals surface area contributed by atoms with Crippen LogP contribution in [0.2, 0.25) is 0 Å². The van der Waals surface area contributed by atoms with Crippen molar-refractivity contribution in [2.24, 2.45) is 0 Å². The quantitative estimate of drug-likeness (QED) is 0.783. The van der Waals surface area contributed by atoms with E-state index < -0.39 is 0 Å². The lowest BCUT2D eigenvalue weighted by atomic mass is 10.1. The number of nitrogens with one attached hydrogen (secondary N) is 1. The Balaban J connectivity index is 1.62.